The fraction of sp³-hybridized carbons (Fsp3) is 0.263. The van der Waals surface area contributed by atoms with Crippen molar-refractivity contribution in [2.45, 2.75) is 13.5 Å². The summed E-state index contributed by atoms with van der Waals surface area (Å²) in [6, 6.07) is 17.2. The topological polar surface area (TPSA) is 80.0 Å². The molecule has 3 N–H and O–H groups in total. The van der Waals surface area contributed by atoms with Crippen LogP contribution in [0, 0.1) is 0 Å². The highest BCUT2D eigenvalue weighted by Crippen LogP contribution is 2.16. The van der Waals surface area contributed by atoms with Gasteiger partial charge >= 0.3 is 0 Å². The summed E-state index contributed by atoms with van der Waals surface area (Å²) in [5.74, 6) is 0.841. The number of halogens is 1. The summed E-state index contributed by atoms with van der Waals surface area (Å²) in [5, 5.41) is 2.96. The van der Waals surface area contributed by atoms with Gasteiger partial charge in [0.25, 0.3) is 0 Å². The number of aliphatic imine (C=N–C) groups is 1. The van der Waals surface area contributed by atoms with Gasteiger partial charge in [-0.05, 0) is 24.6 Å². The van der Waals surface area contributed by atoms with E-state index in [0.717, 1.165) is 11.3 Å². The van der Waals surface area contributed by atoms with Crippen LogP contribution in [0.1, 0.15) is 12.5 Å². The minimum Gasteiger partial charge on any atom is -0.497 e. The van der Waals surface area contributed by atoms with E-state index in [0.29, 0.717) is 18.8 Å². The number of benzene rings is 2. The molecular formula is C19H25IN4O2. The summed E-state index contributed by atoms with van der Waals surface area (Å²) in [6.07, 6.45) is 0. The Labute approximate surface area is 171 Å². The molecule has 140 valence electrons. The molecule has 7 heteroatoms. The number of anilines is 1. The molecule has 0 aliphatic rings. The summed E-state index contributed by atoms with van der Waals surface area (Å²) in [5.41, 5.74) is 7.71. The number of nitrogens with two attached hydrogens (primary N) is 1. The number of amides is 1. The Morgan fingerprint density at radius 1 is 1.19 bits per heavy atom. The van der Waals surface area contributed by atoms with E-state index in [9.17, 15) is 4.79 Å². The molecule has 0 atom stereocenters. The lowest BCUT2D eigenvalue weighted by atomic mass is 10.2. The predicted molar refractivity (Wildman–Crippen MR) is 116 cm³/mol. The van der Waals surface area contributed by atoms with Crippen LogP contribution in [0.5, 0.6) is 5.75 Å². The van der Waals surface area contributed by atoms with E-state index >= 15 is 0 Å². The van der Waals surface area contributed by atoms with Crippen molar-refractivity contribution in [1.29, 1.82) is 0 Å². The van der Waals surface area contributed by atoms with E-state index in [4.69, 9.17) is 10.5 Å². The first-order valence-corrected chi connectivity index (χ1v) is 8.15. The Balaban J connectivity index is 0.00000338. The first-order chi connectivity index (χ1) is 12.1. The SMILES string of the molecule is CCN(Cc1ccccc1)C(=O)CN=C(N)Nc1cccc(OC)c1.I. The van der Waals surface area contributed by atoms with Gasteiger partial charge in [-0.3, -0.25) is 4.79 Å². The van der Waals surface area contributed by atoms with Gasteiger partial charge in [0, 0.05) is 24.8 Å². The largest absolute Gasteiger partial charge is 0.497 e. The number of rotatable bonds is 7. The number of carbonyl (C=O) groups excluding carboxylic acids is 1. The summed E-state index contributed by atoms with van der Waals surface area (Å²) in [6.45, 7) is 3.13. The average Bonchev–Trinajstić information content (AvgIpc) is 2.65. The van der Waals surface area contributed by atoms with E-state index in [1.54, 1.807) is 18.1 Å². The van der Waals surface area contributed by atoms with E-state index in [2.05, 4.69) is 10.3 Å². The van der Waals surface area contributed by atoms with Gasteiger partial charge in [0.1, 0.15) is 12.3 Å². The van der Waals surface area contributed by atoms with Gasteiger partial charge in [-0.1, -0.05) is 36.4 Å². The fourth-order valence-electron chi connectivity index (χ4n) is 2.32. The van der Waals surface area contributed by atoms with E-state index in [-0.39, 0.29) is 42.4 Å². The molecule has 0 spiro atoms. The smallest absolute Gasteiger partial charge is 0.244 e. The second kappa shape index (κ2) is 11.3. The Morgan fingerprint density at radius 2 is 1.92 bits per heavy atom. The maximum Gasteiger partial charge on any atom is 0.244 e. The number of likely N-dealkylation sites (N-methyl/N-ethyl adjacent to an activating group) is 1. The van der Waals surface area contributed by atoms with Gasteiger partial charge in [0.2, 0.25) is 5.91 Å². The Kier molecular flexibility index (Phi) is 9.50. The minimum absolute atomic E-state index is 0. The lowest BCUT2D eigenvalue weighted by molar-refractivity contribution is -0.130. The zero-order valence-electron chi connectivity index (χ0n) is 15.0. The number of carbonyl (C=O) groups is 1. The van der Waals surface area contributed by atoms with Gasteiger partial charge in [-0.25, -0.2) is 4.99 Å². The summed E-state index contributed by atoms with van der Waals surface area (Å²) >= 11 is 0. The minimum atomic E-state index is -0.0678. The highest BCUT2D eigenvalue weighted by atomic mass is 127. The van der Waals surface area contributed by atoms with Crippen LogP contribution in [0.25, 0.3) is 0 Å². The molecular weight excluding hydrogens is 443 g/mol. The summed E-state index contributed by atoms with van der Waals surface area (Å²) < 4.78 is 5.16. The molecule has 0 aromatic heterocycles. The molecule has 26 heavy (non-hydrogen) atoms. The normalized spacial score (nSPS) is 10.6. The molecule has 1 amide bonds. The number of nitrogens with one attached hydrogen (secondary N) is 1. The van der Waals surface area contributed by atoms with Crippen molar-refractivity contribution in [2.24, 2.45) is 10.7 Å². The third-order valence-electron chi connectivity index (χ3n) is 3.68. The summed E-state index contributed by atoms with van der Waals surface area (Å²) in [7, 11) is 1.60. The number of hydrogen-bond acceptors (Lipinski definition) is 3. The van der Waals surface area contributed by atoms with Crippen LogP contribution in [0.4, 0.5) is 5.69 Å². The van der Waals surface area contributed by atoms with E-state index in [1.807, 2.05) is 55.5 Å². The van der Waals surface area contributed by atoms with Crippen LogP contribution in [-0.2, 0) is 11.3 Å². The molecule has 0 aliphatic heterocycles. The van der Waals surface area contributed by atoms with Gasteiger partial charge < -0.3 is 20.7 Å². The molecule has 2 aromatic carbocycles. The first kappa shape index (κ1) is 21.8. The van der Waals surface area contributed by atoms with Gasteiger partial charge in [0.05, 0.1) is 7.11 Å². The zero-order chi connectivity index (χ0) is 18.1. The highest BCUT2D eigenvalue weighted by molar-refractivity contribution is 14.0. The molecule has 0 fully saturated rings. The number of methoxy groups -OCH3 is 1. The molecule has 0 saturated heterocycles. The number of nitrogens with zero attached hydrogens (tertiary/aromatic N) is 2. The maximum absolute atomic E-state index is 12.4. The van der Waals surface area contributed by atoms with Crippen LogP contribution in [-0.4, -0.2) is 37.0 Å². The van der Waals surface area contributed by atoms with Gasteiger partial charge in [0.15, 0.2) is 5.96 Å². The van der Waals surface area contributed by atoms with Crippen LogP contribution >= 0.6 is 24.0 Å². The maximum atomic E-state index is 12.4. The van der Waals surface area contributed by atoms with Crippen molar-refractivity contribution >= 4 is 41.5 Å². The van der Waals surface area contributed by atoms with Gasteiger partial charge in [-0.15, -0.1) is 24.0 Å². The number of hydrogen-bond donors (Lipinski definition) is 2. The Morgan fingerprint density at radius 3 is 2.58 bits per heavy atom. The van der Waals surface area contributed by atoms with Crippen molar-refractivity contribution in [3.05, 3.63) is 60.2 Å². The van der Waals surface area contributed by atoms with Crippen molar-refractivity contribution in [1.82, 2.24) is 4.90 Å². The quantitative estimate of drug-likeness (QED) is 0.372. The summed E-state index contributed by atoms with van der Waals surface area (Å²) in [4.78, 5) is 18.2. The van der Waals surface area contributed by atoms with E-state index in [1.165, 1.54) is 0 Å². The van der Waals surface area contributed by atoms with Crippen LogP contribution in [0.3, 0.4) is 0 Å². The zero-order valence-corrected chi connectivity index (χ0v) is 17.3. The van der Waals surface area contributed by atoms with Crippen LogP contribution < -0.4 is 15.8 Å². The number of guanidine groups is 1. The molecule has 0 aliphatic carbocycles. The lowest BCUT2D eigenvalue weighted by Gasteiger charge is -2.20. The standard InChI is InChI=1S/C19H24N4O2.HI/c1-3-23(14-15-8-5-4-6-9-15)18(24)13-21-19(20)22-16-10-7-11-17(12-16)25-2;/h4-12H,3,13-14H2,1-2H3,(H3,20,21,22);1H. The Bertz CT molecular complexity index is 722. The Hall–Kier alpha value is -2.29. The van der Waals surface area contributed by atoms with Crippen molar-refractivity contribution in [3.8, 4) is 5.75 Å². The monoisotopic (exact) mass is 468 g/mol. The number of ether oxygens (including phenoxy) is 1. The molecule has 0 saturated carbocycles. The third-order valence-corrected chi connectivity index (χ3v) is 3.68. The molecule has 0 radical (unpaired) electrons. The molecule has 0 bridgehead atoms. The molecule has 2 rings (SSSR count). The van der Waals surface area contributed by atoms with Gasteiger partial charge in [-0.2, -0.15) is 0 Å². The van der Waals surface area contributed by atoms with Crippen molar-refractivity contribution < 1.29 is 9.53 Å². The van der Waals surface area contributed by atoms with Crippen LogP contribution in [0.15, 0.2) is 59.6 Å². The molecule has 0 unspecified atom stereocenters. The highest BCUT2D eigenvalue weighted by Gasteiger charge is 2.11. The first-order valence-electron chi connectivity index (χ1n) is 8.15. The second-order valence-corrected chi connectivity index (χ2v) is 5.45. The lowest BCUT2D eigenvalue weighted by Crippen LogP contribution is -2.33. The van der Waals surface area contributed by atoms with Crippen molar-refractivity contribution in [2.75, 3.05) is 25.5 Å². The molecule has 0 heterocycles. The van der Waals surface area contributed by atoms with E-state index < -0.39 is 0 Å². The predicted octanol–water partition coefficient (Wildman–Crippen LogP) is 3.09. The molecule has 2 aromatic rings. The second-order valence-electron chi connectivity index (χ2n) is 5.45. The van der Waals surface area contributed by atoms with Crippen LogP contribution in [0.2, 0.25) is 0 Å². The van der Waals surface area contributed by atoms with Crippen molar-refractivity contribution in [3.63, 3.8) is 0 Å². The fourth-order valence-corrected chi connectivity index (χ4v) is 2.32. The molecule has 6 nitrogen and oxygen atoms in total. The third kappa shape index (κ3) is 6.91. The average molecular weight is 468 g/mol.